The van der Waals surface area contributed by atoms with E-state index in [4.69, 9.17) is 26.3 Å². The number of nitrogens with zero attached hydrogens (tertiary/aromatic N) is 3. The van der Waals surface area contributed by atoms with Gasteiger partial charge >= 0.3 is 6.03 Å². The van der Waals surface area contributed by atoms with Crippen LogP contribution in [0.5, 0.6) is 5.75 Å². The average molecular weight is 519 g/mol. The molecule has 1 fully saturated rings. The standard InChI is InChI=1S/C29H31ClN4O3/c1-36-27-4-2-3-23(19-27)21-37-28(24-7-9-25(30)10-8-24)20-33-15-17-34(18-16-33)29(35)32-26-11-5-22(6-12-26)13-14-31/h2-12,19,28H,13,15-18,20-21H2,1H3,(H,32,35)/t28-/m0/s1. The summed E-state index contributed by atoms with van der Waals surface area (Å²) in [6.07, 6.45) is 0.215. The molecule has 0 unspecified atom stereocenters. The molecule has 8 heteroatoms. The van der Waals surface area contributed by atoms with Gasteiger partial charge in [-0.25, -0.2) is 4.79 Å². The van der Waals surface area contributed by atoms with Crippen molar-refractivity contribution in [2.24, 2.45) is 0 Å². The van der Waals surface area contributed by atoms with Crippen molar-refractivity contribution in [2.45, 2.75) is 19.1 Å². The molecule has 0 radical (unpaired) electrons. The maximum atomic E-state index is 12.8. The van der Waals surface area contributed by atoms with Gasteiger partial charge in [-0.15, -0.1) is 0 Å². The topological polar surface area (TPSA) is 77.8 Å². The number of benzene rings is 3. The number of amides is 2. The van der Waals surface area contributed by atoms with Gasteiger partial charge in [0.15, 0.2) is 0 Å². The monoisotopic (exact) mass is 518 g/mol. The van der Waals surface area contributed by atoms with E-state index in [2.05, 4.69) is 16.3 Å². The van der Waals surface area contributed by atoms with Crippen LogP contribution in [-0.4, -0.2) is 55.7 Å². The van der Waals surface area contributed by atoms with E-state index in [0.29, 0.717) is 37.7 Å². The Morgan fingerprint density at radius 3 is 2.43 bits per heavy atom. The van der Waals surface area contributed by atoms with Crippen LogP contribution in [0.3, 0.4) is 0 Å². The van der Waals surface area contributed by atoms with Crippen LogP contribution in [0.25, 0.3) is 0 Å². The molecule has 7 nitrogen and oxygen atoms in total. The normalized spacial score (nSPS) is 14.6. The Kier molecular flexibility index (Phi) is 9.39. The van der Waals surface area contributed by atoms with Crippen molar-refractivity contribution in [3.8, 4) is 11.8 Å². The summed E-state index contributed by atoms with van der Waals surface area (Å²) in [5, 5.41) is 12.5. The molecule has 1 N–H and O–H groups in total. The Morgan fingerprint density at radius 1 is 1.03 bits per heavy atom. The van der Waals surface area contributed by atoms with Crippen LogP contribution in [0, 0.1) is 11.3 Å². The van der Waals surface area contributed by atoms with Crippen molar-refractivity contribution in [3.63, 3.8) is 0 Å². The van der Waals surface area contributed by atoms with Gasteiger partial charge in [-0.3, -0.25) is 4.90 Å². The predicted molar refractivity (Wildman–Crippen MR) is 145 cm³/mol. The highest BCUT2D eigenvalue weighted by molar-refractivity contribution is 6.30. The first kappa shape index (κ1) is 26.5. The number of carbonyl (C=O) groups excluding carboxylic acids is 1. The van der Waals surface area contributed by atoms with Gasteiger partial charge in [0.25, 0.3) is 0 Å². The van der Waals surface area contributed by atoms with E-state index in [-0.39, 0.29) is 12.1 Å². The minimum absolute atomic E-state index is 0.115. The molecule has 0 spiro atoms. The zero-order chi connectivity index (χ0) is 26.0. The number of rotatable bonds is 9. The molecular formula is C29H31ClN4O3. The Labute approximate surface area is 223 Å². The SMILES string of the molecule is COc1cccc(CO[C@@H](CN2CCN(C(=O)Nc3ccc(CC#N)cc3)CC2)c2ccc(Cl)cc2)c1. The second-order valence-electron chi connectivity index (χ2n) is 8.95. The van der Waals surface area contributed by atoms with Crippen LogP contribution >= 0.6 is 11.6 Å². The zero-order valence-corrected chi connectivity index (χ0v) is 21.7. The molecule has 1 aliphatic rings. The van der Waals surface area contributed by atoms with Gasteiger partial charge in [-0.2, -0.15) is 5.26 Å². The summed E-state index contributed by atoms with van der Waals surface area (Å²) in [6.45, 7) is 3.92. The van der Waals surface area contributed by atoms with E-state index in [9.17, 15) is 4.79 Å². The molecule has 37 heavy (non-hydrogen) atoms. The van der Waals surface area contributed by atoms with Crippen LogP contribution in [-0.2, 0) is 17.8 Å². The second kappa shape index (κ2) is 13.1. The molecule has 3 aromatic carbocycles. The lowest BCUT2D eigenvalue weighted by atomic mass is 10.1. The smallest absolute Gasteiger partial charge is 0.321 e. The number of ether oxygens (including phenoxy) is 2. The van der Waals surface area contributed by atoms with Gasteiger partial charge in [0.05, 0.1) is 32.3 Å². The number of piperazine rings is 1. The highest BCUT2D eigenvalue weighted by atomic mass is 35.5. The molecule has 1 saturated heterocycles. The first-order chi connectivity index (χ1) is 18.0. The van der Waals surface area contributed by atoms with Gasteiger partial charge in [0, 0.05) is 43.4 Å². The van der Waals surface area contributed by atoms with E-state index in [1.165, 1.54) is 0 Å². The number of hydrogen-bond acceptors (Lipinski definition) is 5. The van der Waals surface area contributed by atoms with Crippen molar-refractivity contribution < 1.29 is 14.3 Å². The Balaban J connectivity index is 1.33. The van der Waals surface area contributed by atoms with Crippen LogP contribution in [0.4, 0.5) is 10.5 Å². The van der Waals surface area contributed by atoms with Crippen molar-refractivity contribution in [1.29, 1.82) is 5.26 Å². The molecule has 1 atom stereocenters. The van der Waals surface area contributed by atoms with E-state index in [0.717, 1.165) is 41.2 Å². The third-order valence-electron chi connectivity index (χ3n) is 6.40. The molecule has 0 aromatic heterocycles. The number of methoxy groups -OCH3 is 1. The maximum Gasteiger partial charge on any atom is 0.321 e. The van der Waals surface area contributed by atoms with Gasteiger partial charge in [-0.1, -0.05) is 48.0 Å². The fraction of sp³-hybridized carbons (Fsp3) is 0.310. The molecule has 3 aromatic rings. The van der Waals surface area contributed by atoms with Gasteiger partial charge < -0.3 is 19.7 Å². The lowest BCUT2D eigenvalue weighted by molar-refractivity contribution is 0.00588. The van der Waals surface area contributed by atoms with Crippen LogP contribution in [0.1, 0.15) is 22.8 Å². The second-order valence-corrected chi connectivity index (χ2v) is 9.39. The van der Waals surface area contributed by atoms with Crippen LogP contribution < -0.4 is 10.1 Å². The highest BCUT2D eigenvalue weighted by Crippen LogP contribution is 2.24. The Morgan fingerprint density at radius 2 is 1.76 bits per heavy atom. The number of nitrogens with one attached hydrogen (secondary N) is 1. The maximum absolute atomic E-state index is 12.8. The number of nitriles is 1. The molecule has 192 valence electrons. The fourth-order valence-corrected chi connectivity index (χ4v) is 4.38. The summed E-state index contributed by atoms with van der Waals surface area (Å²) < 4.78 is 11.7. The summed E-state index contributed by atoms with van der Waals surface area (Å²) in [5.74, 6) is 0.802. The first-order valence-corrected chi connectivity index (χ1v) is 12.7. The molecule has 1 aliphatic heterocycles. The third-order valence-corrected chi connectivity index (χ3v) is 6.65. The summed E-state index contributed by atoms with van der Waals surface area (Å²) in [6, 6.07) is 25.0. The highest BCUT2D eigenvalue weighted by Gasteiger charge is 2.24. The fourth-order valence-electron chi connectivity index (χ4n) is 4.26. The minimum atomic E-state index is -0.143. The largest absolute Gasteiger partial charge is 0.497 e. The van der Waals surface area contributed by atoms with Crippen LogP contribution in [0.15, 0.2) is 72.8 Å². The van der Waals surface area contributed by atoms with Gasteiger partial charge in [0.2, 0.25) is 0 Å². The quantitative estimate of drug-likeness (QED) is 0.403. The molecule has 0 saturated carbocycles. The van der Waals surface area contributed by atoms with Crippen molar-refractivity contribution in [3.05, 3.63) is 94.5 Å². The van der Waals surface area contributed by atoms with E-state index in [1.54, 1.807) is 7.11 Å². The minimum Gasteiger partial charge on any atom is -0.497 e. The van der Waals surface area contributed by atoms with Gasteiger partial charge in [-0.05, 0) is 53.1 Å². The Bertz CT molecular complexity index is 1200. The Hall–Kier alpha value is -3.57. The molecule has 2 amide bonds. The number of halogens is 1. The van der Waals surface area contributed by atoms with Crippen molar-refractivity contribution in [1.82, 2.24) is 9.80 Å². The van der Waals surface area contributed by atoms with E-state index in [1.807, 2.05) is 77.7 Å². The van der Waals surface area contributed by atoms with Crippen LogP contribution in [0.2, 0.25) is 5.02 Å². The molecular weight excluding hydrogens is 488 g/mol. The lowest BCUT2D eigenvalue weighted by Gasteiger charge is -2.36. The zero-order valence-electron chi connectivity index (χ0n) is 20.9. The summed E-state index contributed by atoms with van der Waals surface area (Å²) in [7, 11) is 1.66. The molecule has 4 rings (SSSR count). The number of anilines is 1. The predicted octanol–water partition coefficient (Wildman–Crippen LogP) is 5.52. The number of urea groups is 1. The van der Waals surface area contributed by atoms with Crippen molar-refractivity contribution in [2.75, 3.05) is 45.2 Å². The first-order valence-electron chi connectivity index (χ1n) is 12.3. The third kappa shape index (κ3) is 7.70. The summed E-state index contributed by atoms with van der Waals surface area (Å²) >= 11 is 6.12. The summed E-state index contributed by atoms with van der Waals surface area (Å²) in [4.78, 5) is 16.9. The molecule has 1 heterocycles. The molecule has 0 aliphatic carbocycles. The van der Waals surface area contributed by atoms with E-state index < -0.39 is 0 Å². The van der Waals surface area contributed by atoms with Gasteiger partial charge in [0.1, 0.15) is 5.75 Å². The molecule has 0 bridgehead atoms. The number of hydrogen-bond donors (Lipinski definition) is 1. The number of carbonyl (C=O) groups is 1. The van der Waals surface area contributed by atoms with Crippen molar-refractivity contribution >= 4 is 23.3 Å². The summed E-state index contributed by atoms with van der Waals surface area (Å²) in [5.41, 5.74) is 3.76. The van der Waals surface area contributed by atoms with E-state index >= 15 is 0 Å². The average Bonchev–Trinajstić information content (AvgIpc) is 2.93. The lowest BCUT2D eigenvalue weighted by Crippen LogP contribution is -2.50.